The highest BCUT2D eigenvalue weighted by atomic mass is 28.4. The number of rotatable bonds is 13. The van der Waals surface area contributed by atoms with Crippen LogP contribution in [0.3, 0.4) is 0 Å². The lowest BCUT2D eigenvalue weighted by atomic mass is 10.3. The summed E-state index contributed by atoms with van der Waals surface area (Å²) in [7, 11) is -1.93. The van der Waals surface area contributed by atoms with Crippen LogP contribution in [-0.2, 0) is 8.85 Å². The molecule has 0 bridgehead atoms. The van der Waals surface area contributed by atoms with Crippen molar-refractivity contribution in [3.63, 3.8) is 0 Å². The third-order valence-corrected chi connectivity index (χ3v) is 6.88. The summed E-state index contributed by atoms with van der Waals surface area (Å²) >= 11 is 0. The van der Waals surface area contributed by atoms with Gasteiger partial charge in [0.05, 0.1) is 0 Å². The first kappa shape index (κ1) is 17.9. The maximum Gasteiger partial charge on any atom is 0.337 e. The van der Waals surface area contributed by atoms with Crippen molar-refractivity contribution in [2.24, 2.45) is 0 Å². The lowest BCUT2D eigenvalue weighted by molar-refractivity contribution is 0.163. The van der Waals surface area contributed by atoms with E-state index < -0.39 is 8.56 Å². The van der Waals surface area contributed by atoms with Gasteiger partial charge in [0.1, 0.15) is 0 Å². The first-order valence-electron chi connectivity index (χ1n) is 7.63. The molecule has 0 aliphatic heterocycles. The van der Waals surface area contributed by atoms with Gasteiger partial charge in [0.2, 0.25) is 0 Å². The average molecular weight is 273 g/mol. The summed E-state index contributed by atoms with van der Waals surface area (Å²) in [6, 6.07) is 2.18. The van der Waals surface area contributed by atoms with Crippen LogP contribution in [0, 0.1) is 0 Å². The van der Waals surface area contributed by atoms with E-state index >= 15 is 0 Å². The fraction of sp³-hybridized carbons (Fsp3) is 0.867. The quantitative estimate of drug-likeness (QED) is 0.265. The zero-order valence-corrected chi connectivity index (χ0v) is 13.7. The van der Waals surface area contributed by atoms with Crippen molar-refractivity contribution in [1.29, 1.82) is 0 Å². The molecule has 2 nitrogen and oxygen atoms in total. The largest absolute Gasteiger partial charge is 0.394 e. The molecule has 18 heavy (non-hydrogen) atoms. The van der Waals surface area contributed by atoms with Crippen molar-refractivity contribution in [2.45, 2.75) is 71.4 Å². The molecule has 0 N–H and O–H groups in total. The van der Waals surface area contributed by atoms with Gasteiger partial charge in [-0.3, -0.25) is 0 Å². The number of hydrogen-bond donors (Lipinski definition) is 0. The highest BCUT2D eigenvalue weighted by molar-refractivity contribution is 6.67. The Morgan fingerprint density at radius 1 is 0.944 bits per heavy atom. The van der Waals surface area contributed by atoms with E-state index in [1.165, 1.54) is 12.8 Å². The molecule has 0 aromatic heterocycles. The molecule has 0 heterocycles. The highest BCUT2D eigenvalue weighted by Crippen LogP contribution is 2.23. The standard InChI is InChI=1S/C15H32O2Si/c1-5-9-12-15-18(8-4,16-13-10-6-2)17-14-11-7-3/h5H,1,6-15H2,2-4H3. The first-order chi connectivity index (χ1) is 8.74. The second kappa shape index (κ2) is 11.9. The number of hydrogen-bond acceptors (Lipinski definition) is 2. The van der Waals surface area contributed by atoms with Gasteiger partial charge in [-0.15, -0.1) is 6.58 Å². The third-order valence-electron chi connectivity index (χ3n) is 3.23. The molecule has 0 atom stereocenters. The summed E-state index contributed by atoms with van der Waals surface area (Å²) in [6.07, 6.45) is 8.89. The third kappa shape index (κ3) is 8.06. The van der Waals surface area contributed by atoms with E-state index in [9.17, 15) is 0 Å². The van der Waals surface area contributed by atoms with E-state index in [-0.39, 0.29) is 0 Å². The van der Waals surface area contributed by atoms with Crippen molar-refractivity contribution in [3.8, 4) is 0 Å². The van der Waals surface area contributed by atoms with E-state index in [0.717, 1.165) is 51.0 Å². The van der Waals surface area contributed by atoms with Gasteiger partial charge < -0.3 is 8.85 Å². The Balaban J connectivity index is 4.24. The molecule has 0 aliphatic rings. The van der Waals surface area contributed by atoms with Gasteiger partial charge in [-0.05, 0) is 37.8 Å². The molecule has 0 amide bonds. The van der Waals surface area contributed by atoms with E-state index in [1.807, 2.05) is 6.08 Å². The zero-order valence-electron chi connectivity index (χ0n) is 12.7. The summed E-state index contributed by atoms with van der Waals surface area (Å²) in [6.45, 7) is 12.2. The molecule has 0 rings (SSSR count). The second-order valence-corrected chi connectivity index (χ2v) is 8.45. The topological polar surface area (TPSA) is 18.5 Å². The summed E-state index contributed by atoms with van der Waals surface area (Å²) in [5.74, 6) is 0. The van der Waals surface area contributed by atoms with E-state index in [2.05, 4.69) is 27.4 Å². The van der Waals surface area contributed by atoms with Gasteiger partial charge in [-0.2, -0.15) is 0 Å². The van der Waals surface area contributed by atoms with Crippen LogP contribution < -0.4 is 0 Å². The molecule has 0 aromatic rings. The molecule has 3 heteroatoms. The summed E-state index contributed by atoms with van der Waals surface area (Å²) in [5, 5.41) is 0. The van der Waals surface area contributed by atoms with Crippen molar-refractivity contribution < 1.29 is 8.85 Å². The van der Waals surface area contributed by atoms with E-state index in [1.54, 1.807) is 0 Å². The minimum absolute atomic E-state index is 0.872. The van der Waals surface area contributed by atoms with Gasteiger partial charge in [0.15, 0.2) is 0 Å². The minimum atomic E-state index is -1.93. The van der Waals surface area contributed by atoms with E-state index in [4.69, 9.17) is 8.85 Å². The van der Waals surface area contributed by atoms with Crippen LogP contribution in [0.5, 0.6) is 0 Å². The van der Waals surface area contributed by atoms with Crippen molar-refractivity contribution in [2.75, 3.05) is 13.2 Å². The Morgan fingerprint density at radius 3 is 1.89 bits per heavy atom. The SMILES string of the molecule is C=CCCC[Si](CC)(OCCCC)OCCCC. The normalized spacial score (nSPS) is 11.7. The molecule has 108 valence electrons. The lowest BCUT2D eigenvalue weighted by Gasteiger charge is -2.30. The fourth-order valence-corrected chi connectivity index (χ4v) is 4.80. The molecule has 0 spiro atoms. The molecular formula is C15H32O2Si. The molecule has 0 saturated carbocycles. The summed E-state index contributed by atoms with van der Waals surface area (Å²) in [5.41, 5.74) is 0. The Kier molecular flexibility index (Phi) is 11.9. The predicted octanol–water partition coefficient (Wildman–Crippen LogP) is 5.05. The molecule has 0 aromatic carbocycles. The second-order valence-electron chi connectivity index (χ2n) is 4.85. The van der Waals surface area contributed by atoms with Crippen molar-refractivity contribution >= 4 is 8.56 Å². The molecule has 0 radical (unpaired) electrons. The molecular weight excluding hydrogens is 240 g/mol. The van der Waals surface area contributed by atoms with Crippen LogP contribution in [0.15, 0.2) is 12.7 Å². The van der Waals surface area contributed by atoms with Crippen LogP contribution >= 0.6 is 0 Å². The minimum Gasteiger partial charge on any atom is -0.394 e. The van der Waals surface area contributed by atoms with Crippen molar-refractivity contribution in [3.05, 3.63) is 12.7 Å². The predicted molar refractivity (Wildman–Crippen MR) is 82.2 cm³/mol. The molecule has 0 unspecified atom stereocenters. The smallest absolute Gasteiger partial charge is 0.337 e. The fourth-order valence-electron chi connectivity index (χ4n) is 1.89. The van der Waals surface area contributed by atoms with Crippen LogP contribution in [0.25, 0.3) is 0 Å². The zero-order chi connectivity index (χ0) is 13.7. The van der Waals surface area contributed by atoms with Gasteiger partial charge in [-0.25, -0.2) is 0 Å². The monoisotopic (exact) mass is 272 g/mol. The Morgan fingerprint density at radius 2 is 1.50 bits per heavy atom. The Hall–Kier alpha value is -0.123. The maximum atomic E-state index is 6.19. The number of unbranched alkanes of at least 4 members (excludes halogenated alkanes) is 3. The summed E-state index contributed by atoms with van der Waals surface area (Å²) < 4.78 is 12.4. The molecule has 0 fully saturated rings. The van der Waals surface area contributed by atoms with Crippen LogP contribution in [0.1, 0.15) is 59.3 Å². The average Bonchev–Trinajstić information content (AvgIpc) is 2.39. The highest BCUT2D eigenvalue weighted by Gasteiger charge is 2.34. The summed E-state index contributed by atoms with van der Waals surface area (Å²) in [4.78, 5) is 0. The van der Waals surface area contributed by atoms with Crippen LogP contribution in [-0.4, -0.2) is 21.8 Å². The Labute approximate surface area is 115 Å². The van der Waals surface area contributed by atoms with E-state index in [0.29, 0.717) is 0 Å². The van der Waals surface area contributed by atoms with Gasteiger partial charge >= 0.3 is 8.56 Å². The molecule has 0 aliphatic carbocycles. The Bertz CT molecular complexity index is 185. The lowest BCUT2D eigenvalue weighted by Crippen LogP contribution is -2.42. The van der Waals surface area contributed by atoms with Crippen LogP contribution in [0.2, 0.25) is 12.1 Å². The maximum absolute atomic E-state index is 6.19. The van der Waals surface area contributed by atoms with Crippen LogP contribution in [0.4, 0.5) is 0 Å². The van der Waals surface area contributed by atoms with Crippen molar-refractivity contribution in [1.82, 2.24) is 0 Å². The molecule has 0 saturated heterocycles. The van der Waals surface area contributed by atoms with Gasteiger partial charge in [0.25, 0.3) is 0 Å². The van der Waals surface area contributed by atoms with Gasteiger partial charge in [0, 0.05) is 13.2 Å². The van der Waals surface area contributed by atoms with Gasteiger partial charge in [-0.1, -0.05) is 39.7 Å². The first-order valence-corrected chi connectivity index (χ1v) is 9.86. The number of allylic oxidation sites excluding steroid dienone is 1.